The van der Waals surface area contributed by atoms with Gasteiger partial charge in [-0.05, 0) is 54.7 Å². The summed E-state index contributed by atoms with van der Waals surface area (Å²) in [4.78, 5) is 25.4. The average Bonchev–Trinajstić information content (AvgIpc) is 2.60. The van der Waals surface area contributed by atoms with Crippen molar-refractivity contribution in [3.05, 3.63) is 64.2 Å². The van der Waals surface area contributed by atoms with Crippen molar-refractivity contribution in [2.75, 3.05) is 13.2 Å². The molecule has 0 aromatic heterocycles. The van der Waals surface area contributed by atoms with Gasteiger partial charge < -0.3 is 14.7 Å². The largest absolute Gasteiger partial charge is 0.483 e. The summed E-state index contributed by atoms with van der Waals surface area (Å²) in [5.74, 6) is -0.292. The third kappa shape index (κ3) is 3.65. The number of amides is 1. The molecule has 0 aliphatic carbocycles. The average molecular weight is 339 g/mol. The van der Waals surface area contributed by atoms with Crippen molar-refractivity contribution in [2.24, 2.45) is 0 Å². The maximum Gasteiger partial charge on any atom is 0.335 e. The van der Waals surface area contributed by atoms with Crippen molar-refractivity contribution in [3.8, 4) is 5.75 Å². The van der Waals surface area contributed by atoms with Crippen molar-refractivity contribution in [3.63, 3.8) is 0 Å². The number of carbonyl (C=O) groups excluding carboxylic acids is 1. The molecule has 5 heteroatoms. The fraction of sp³-hybridized carbons (Fsp3) is 0.300. The predicted molar refractivity (Wildman–Crippen MR) is 93.9 cm³/mol. The molecule has 3 rings (SSSR count). The molecular weight excluding hydrogens is 318 g/mol. The molecule has 0 fully saturated rings. The Morgan fingerprint density at radius 2 is 1.84 bits per heavy atom. The monoisotopic (exact) mass is 339 g/mol. The number of hydrogen-bond donors (Lipinski definition) is 1. The smallest absolute Gasteiger partial charge is 0.335 e. The molecule has 0 saturated carbocycles. The lowest BCUT2D eigenvalue weighted by molar-refractivity contribution is -0.134. The van der Waals surface area contributed by atoms with Crippen LogP contribution >= 0.6 is 0 Å². The quantitative estimate of drug-likeness (QED) is 0.930. The van der Waals surface area contributed by atoms with Crippen LogP contribution in [0.3, 0.4) is 0 Å². The van der Waals surface area contributed by atoms with Crippen LogP contribution in [0.4, 0.5) is 0 Å². The van der Waals surface area contributed by atoms with E-state index in [1.54, 1.807) is 17.0 Å². The Kier molecular flexibility index (Phi) is 4.74. The molecule has 5 nitrogen and oxygen atoms in total. The van der Waals surface area contributed by atoms with Gasteiger partial charge in [-0.15, -0.1) is 0 Å². The van der Waals surface area contributed by atoms with E-state index in [9.17, 15) is 9.59 Å². The Balaban J connectivity index is 1.68. The van der Waals surface area contributed by atoms with Gasteiger partial charge in [0.1, 0.15) is 5.75 Å². The normalized spacial score (nSPS) is 13.3. The van der Waals surface area contributed by atoms with E-state index in [4.69, 9.17) is 9.84 Å². The Hall–Kier alpha value is -2.82. The minimum Gasteiger partial charge on any atom is -0.483 e. The Morgan fingerprint density at radius 1 is 1.12 bits per heavy atom. The van der Waals surface area contributed by atoms with E-state index in [1.165, 1.54) is 0 Å². The van der Waals surface area contributed by atoms with Crippen LogP contribution in [0.2, 0.25) is 0 Å². The first kappa shape index (κ1) is 17.0. The van der Waals surface area contributed by atoms with Crippen LogP contribution in [-0.4, -0.2) is 35.0 Å². The van der Waals surface area contributed by atoms with Crippen LogP contribution in [0.5, 0.6) is 5.75 Å². The molecule has 1 aliphatic rings. The third-order valence-electron chi connectivity index (χ3n) is 4.57. The second-order valence-electron chi connectivity index (χ2n) is 6.36. The molecule has 0 spiro atoms. The lowest BCUT2D eigenvalue weighted by Crippen LogP contribution is -2.39. The first-order valence-corrected chi connectivity index (χ1v) is 8.27. The van der Waals surface area contributed by atoms with E-state index in [1.807, 2.05) is 38.1 Å². The summed E-state index contributed by atoms with van der Waals surface area (Å²) in [5, 5.41) is 9.12. The van der Waals surface area contributed by atoms with E-state index in [2.05, 4.69) is 0 Å². The number of carbonyl (C=O) groups is 2. The molecule has 2 aromatic carbocycles. The van der Waals surface area contributed by atoms with Crippen molar-refractivity contribution < 1.29 is 19.4 Å². The maximum absolute atomic E-state index is 12.5. The van der Waals surface area contributed by atoms with Gasteiger partial charge in [-0.25, -0.2) is 4.79 Å². The number of para-hydroxylation sites is 1. The summed E-state index contributed by atoms with van der Waals surface area (Å²) in [6, 6.07) is 11.0. The molecule has 1 amide bonds. The summed E-state index contributed by atoms with van der Waals surface area (Å²) in [6.45, 7) is 4.94. The number of ether oxygens (including phenoxy) is 1. The maximum atomic E-state index is 12.5. The molecule has 25 heavy (non-hydrogen) atoms. The predicted octanol–water partition coefficient (Wildman–Crippen LogP) is 2.97. The van der Waals surface area contributed by atoms with Gasteiger partial charge in [0, 0.05) is 13.1 Å². The number of aromatic carboxylic acids is 1. The van der Waals surface area contributed by atoms with Gasteiger partial charge >= 0.3 is 5.97 Å². The standard InChI is InChI=1S/C20H21NO4/c1-13-4-3-5-14(2)19(13)25-12-18(22)21-9-8-15-6-7-16(20(23)24)10-17(15)11-21/h3-7,10H,8-9,11-12H2,1-2H3,(H,23,24). The molecule has 1 heterocycles. The van der Waals surface area contributed by atoms with Gasteiger partial charge in [-0.3, -0.25) is 4.79 Å². The zero-order valence-corrected chi connectivity index (χ0v) is 14.4. The van der Waals surface area contributed by atoms with E-state index >= 15 is 0 Å². The highest BCUT2D eigenvalue weighted by Crippen LogP contribution is 2.23. The molecule has 2 aromatic rings. The molecule has 0 atom stereocenters. The number of carboxylic acid groups (broad SMARTS) is 1. The van der Waals surface area contributed by atoms with Crippen LogP contribution in [0.25, 0.3) is 0 Å². The zero-order chi connectivity index (χ0) is 18.0. The van der Waals surface area contributed by atoms with Gasteiger partial charge in [-0.1, -0.05) is 24.3 Å². The highest BCUT2D eigenvalue weighted by molar-refractivity contribution is 5.88. The summed E-state index contributed by atoms with van der Waals surface area (Å²) in [7, 11) is 0. The van der Waals surface area contributed by atoms with Crippen LogP contribution in [0.1, 0.15) is 32.6 Å². The zero-order valence-electron chi connectivity index (χ0n) is 14.4. The highest BCUT2D eigenvalue weighted by atomic mass is 16.5. The number of benzene rings is 2. The summed E-state index contributed by atoms with van der Waals surface area (Å²) < 4.78 is 5.75. The van der Waals surface area contributed by atoms with E-state index in [-0.39, 0.29) is 18.1 Å². The molecule has 1 N–H and O–H groups in total. The first-order valence-electron chi connectivity index (χ1n) is 8.27. The number of rotatable bonds is 4. The Morgan fingerprint density at radius 3 is 2.52 bits per heavy atom. The minimum atomic E-state index is -0.954. The number of carboxylic acids is 1. The van der Waals surface area contributed by atoms with Crippen molar-refractivity contribution in [1.82, 2.24) is 4.90 Å². The van der Waals surface area contributed by atoms with Crippen LogP contribution in [0.15, 0.2) is 36.4 Å². The van der Waals surface area contributed by atoms with Gasteiger partial charge in [0.2, 0.25) is 0 Å². The van der Waals surface area contributed by atoms with Gasteiger partial charge in [0.25, 0.3) is 5.91 Å². The van der Waals surface area contributed by atoms with E-state index in [0.717, 1.165) is 34.4 Å². The topological polar surface area (TPSA) is 66.8 Å². The minimum absolute atomic E-state index is 0.0142. The first-order chi connectivity index (χ1) is 12.0. The van der Waals surface area contributed by atoms with E-state index < -0.39 is 5.97 Å². The van der Waals surface area contributed by atoms with Crippen molar-refractivity contribution >= 4 is 11.9 Å². The van der Waals surface area contributed by atoms with Crippen molar-refractivity contribution in [1.29, 1.82) is 0 Å². The fourth-order valence-electron chi connectivity index (χ4n) is 3.16. The van der Waals surface area contributed by atoms with Crippen LogP contribution in [-0.2, 0) is 17.8 Å². The van der Waals surface area contributed by atoms with Gasteiger partial charge in [-0.2, -0.15) is 0 Å². The third-order valence-corrected chi connectivity index (χ3v) is 4.57. The van der Waals surface area contributed by atoms with Crippen molar-refractivity contribution in [2.45, 2.75) is 26.8 Å². The van der Waals surface area contributed by atoms with Crippen LogP contribution in [0, 0.1) is 13.8 Å². The summed E-state index contributed by atoms with van der Waals surface area (Å²) in [6.07, 6.45) is 0.727. The number of hydrogen-bond acceptors (Lipinski definition) is 3. The lowest BCUT2D eigenvalue weighted by atomic mass is 9.97. The highest BCUT2D eigenvalue weighted by Gasteiger charge is 2.22. The fourth-order valence-corrected chi connectivity index (χ4v) is 3.16. The molecule has 0 unspecified atom stereocenters. The molecule has 0 saturated heterocycles. The SMILES string of the molecule is Cc1cccc(C)c1OCC(=O)N1CCc2ccc(C(=O)O)cc2C1. The number of fused-ring (bicyclic) bond motifs is 1. The van der Waals surface area contributed by atoms with Gasteiger partial charge in [0.15, 0.2) is 6.61 Å². The molecule has 130 valence electrons. The second kappa shape index (κ2) is 6.97. The number of aryl methyl sites for hydroxylation is 2. The summed E-state index contributed by atoms with van der Waals surface area (Å²) in [5.41, 5.74) is 4.25. The molecule has 0 radical (unpaired) electrons. The Bertz CT molecular complexity index is 808. The Labute approximate surface area is 146 Å². The van der Waals surface area contributed by atoms with Crippen LogP contribution < -0.4 is 4.74 Å². The second-order valence-corrected chi connectivity index (χ2v) is 6.36. The summed E-state index contributed by atoms with van der Waals surface area (Å²) >= 11 is 0. The molecule has 0 bridgehead atoms. The lowest BCUT2D eigenvalue weighted by Gasteiger charge is -2.29. The van der Waals surface area contributed by atoms with Gasteiger partial charge in [0.05, 0.1) is 5.56 Å². The number of nitrogens with zero attached hydrogens (tertiary/aromatic N) is 1. The molecular formula is C20H21NO4. The van der Waals surface area contributed by atoms with E-state index in [0.29, 0.717) is 13.1 Å². The molecule has 1 aliphatic heterocycles.